The van der Waals surface area contributed by atoms with Crippen LogP contribution in [-0.4, -0.2) is 54.4 Å². The summed E-state index contributed by atoms with van der Waals surface area (Å²) < 4.78 is 5.70. The van der Waals surface area contributed by atoms with Gasteiger partial charge in [0, 0.05) is 24.2 Å². The summed E-state index contributed by atoms with van der Waals surface area (Å²) in [6.45, 7) is 9.61. The molecular formula is C30H42N6O2S. The number of urea groups is 1. The number of nitriles is 1. The number of ether oxygens (including phenoxy) is 1. The lowest BCUT2D eigenvalue weighted by molar-refractivity contribution is 0.218. The van der Waals surface area contributed by atoms with Gasteiger partial charge in [0.05, 0.1) is 11.7 Å². The molecule has 1 saturated heterocycles. The highest BCUT2D eigenvalue weighted by Gasteiger charge is 2.19. The predicted octanol–water partition coefficient (Wildman–Crippen LogP) is 6.04. The number of likely N-dealkylation sites (tertiary alicyclic amines) is 1. The van der Waals surface area contributed by atoms with Crippen molar-refractivity contribution < 1.29 is 9.53 Å². The van der Waals surface area contributed by atoms with Gasteiger partial charge < -0.3 is 20.7 Å². The average molecular weight is 551 g/mol. The summed E-state index contributed by atoms with van der Waals surface area (Å²) in [5.74, 6) is 0.608. The Kier molecular flexibility index (Phi) is 13.4. The normalized spacial score (nSPS) is 13.1. The van der Waals surface area contributed by atoms with Gasteiger partial charge in [-0.2, -0.15) is 5.26 Å². The van der Waals surface area contributed by atoms with Crippen molar-refractivity contribution in [2.75, 3.05) is 27.2 Å². The minimum Gasteiger partial charge on any atom is -0.490 e. The Morgan fingerprint density at radius 1 is 1.08 bits per heavy atom. The summed E-state index contributed by atoms with van der Waals surface area (Å²) in [5, 5.41) is 22.7. The Hall–Kier alpha value is -3.48. The quantitative estimate of drug-likeness (QED) is 0.409. The third-order valence-corrected chi connectivity index (χ3v) is 6.93. The fourth-order valence-corrected chi connectivity index (χ4v) is 5.21. The third-order valence-electron chi connectivity index (χ3n) is 5.93. The zero-order valence-corrected chi connectivity index (χ0v) is 24.9. The van der Waals surface area contributed by atoms with Gasteiger partial charge in [0.25, 0.3) is 0 Å². The van der Waals surface area contributed by atoms with E-state index in [0.29, 0.717) is 11.3 Å². The van der Waals surface area contributed by atoms with E-state index < -0.39 is 0 Å². The summed E-state index contributed by atoms with van der Waals surface area (Å²) in [6, 6.07) is 14.0. The molecule has 3 aromatic rings. The second-order valence-corrected chi connectivity index (χ2v) is 10.2. The molecule has 5 rings (SSSR count). The number of nitrogens with zero attached hydrogens (tertiary/aromatic N) is 4. The van der Waals surface area contributed by atoms with Crippen molar-refractivity contribution in [3.8, 4) is 33.0 Å². The van der Waals surface area contributed by atoms with Crippen LogP contribution in [0.4, 0.5) is 4.79 Å². The lowest BCUT2D eigenvalue weighted by atomic mass is 10.0. The molecule has 2 aliphatic rings. The minimum absolute atomic E-state index is 0.0289. The SMILES string of the molecule is CC.CC(C)Oc1ccc(-c2nnc(-c3cccc4c3CCC4)s2)cc1C#N.CNC.NC(=O)N1CCCC1. The van der Waals surface area contributed by atoms with Crippen molar-refractivity contribution in [3.63, 3.8) is 0 Å². The predicted molar refractivity (Wildman–Crippen MR) is 160 cm³/mol. The molecule has 210 valence electrons. The van der Waals surface area contributed by atoms with Crippen molar-refractivity contribution in [3.05, 3.63) is 53.1 Å². The lowest BCUT2D eigenvalue weighted by Crippen LogP contribution is -2.32. The van der Waals surface area contributed by atoms with Gasteiger partial charge in [0.15, 0.2) is 0 Å². The molecule has 2 aromatic carbocycles. The van der Waals surface area contributed by atoms with E-state index in [4.69, 9.17) is 10.5 Å². The van der Waals surface area contributed by atoms with Gasteiger partial charge in [-0.25, -0.2) is 4.79 Å². The maximum atomic E-state index is 10.3. The van der Waals surface area contributed by atoms with Gasteiger partial charge >= 0.3 is 6.03 Å². The maximum Gasteiger partial charge on any atom is 0.314 e. The van der Waals surface area contributed by atoms with Crippen molar-refractivity contribution in [1.82, 2.24) is 20.4 Å². The first kappa shape index (κ1) is 31.7. The number of carbonyl (C=O) groups excluding carboxylic acids is 1. The first-order valence-corrected chi connectivity index (χ1v) is 14.5. The van der Waals surface area contributed by atoms with E-state index in [1.807, 2.05) is 60.0 Å². The van der Waals surface area contributed by atoms with Crippen LogP contribution in [-0.2, 0) is 12.8 Å². The standard InChI is InChI=1S/C21H19N3OS.C5H10N2O.C2H7N.C2H6/c1-13(2)25-19-10-9-15(11-16(19)12-22)20-23-24-21(26-20)18-8-4-6-14-5-3-7-17(14)18;6-5(8)7-3-1-2-4-7;1-3-2;1-2/h4,6,8-11,13H,3,5,7H2,1-2H3;1-4H2,(H2,6,8);3H,1-2H3;1-2H3. The first-order chi connectivity index (χ1) is 18.9. The number of hydrogen-bond donors (Lipinski definition) is 2. The Balaban J connectivity index is 0.000000343. The van der Waals surface area contributed by atoms with Crippen molar-refractivity contribution in [2.24, 2.45) is 5.73 Å². The molecule has 1 aliphatic carbocycles. The Bertz CT molecular complexity index is 1230. The molecule has 9 heteroatoms. The molecule has 0 saturated carbocycles. The molecule has 1 aliphatic heterocycles. The van der Waals surface area contributed by atoms with Gasteiger partial charge in [0.2, 0.25) is 0 Å². The molecule has 1 fully saturated rings. The van der Waals surface area contributed by atoms with Crippen LogP contribution in [0.25, 0.3) is 21.1 Å². The van der Waals surface area contributed by atoms with Gasteiger partial charge in [-0.3, -0.25) is 0 Å². The number of amides is 2. The highest BCUT2D eigenvalue weighted by molar-refractivity contribution is 7.17. The number of fused-ring (bicyclic) bond motifs is 1. The molecule has 0 radical (unpaired) electrons. The Morgan fingerprint density at radius 2 is 1.74 bits per heavy atom. The van der Waals surface area contributed by atoms with E-state index in [2.05, 4.69) is 39.8 Å². The van der Waals surface area contributed by atoms with E-state index in [0.717, 1.165) is 54.4 Å². The van der Waals surface area contributed by atoms with E-state index in [9.17, 15) is 10.1 Å². The van der Waals surface area contributed by atoms with Crippen LogP contribution in [0.1, 0.15) is 63.6 Å². The molecule has 1 aromatic heterocycles. The molecule has 0 atom stereocenters. The molecule has 39 heavy (non-hydrogen) atoms. The topological polar surface area (TPSA) is 117 Å². The maximum absolute atomic E-state index is 10.3. The van der Waals surface area contributed by atoms with Crippen LogP contribution in [0.3, 0.4) is 0 Å². The summed E-state index contributed by atoms with van der Waals surface area (Å²) in [4.78, 5) is 12.0. The van der Waals surface area contributed by atoms with Gasteiger partial charge in [-0.1, -0.05) is 43.4 Å². The first-order valence-electron chi connectivity index (χ1n) is 13.7. The fraction of sp³-hybridized carbons (Fsp3) is 0.467. The lowest BCUT2D eigenvalue weighted by Gasteiger charge is -2.11. The van der Waals surface area contributed by atoms with Gasteiger partial charge in [0.1, 0.15) is 21.8 Å². The van der Waals surface area contributed by atoms with Gasteiger partial charge in [-0.05, 0) is 89.4 Å². The second-order valence-electron chi connectivity index (χ2n) is 9.23. The van der Waals surface area contributed by atoms with Crippen LogP contribution < -0.4 is 15.8 Å². The number of hydrogen-bond acceptors (Lipinski definition) is 7. The molecular weight excluding hydrogens is 508 g/mol. The van der Waals surface area contributed by atoms with Crippen molar-refractivity contribution in [2.45, 2.75) is 65.9 Å². The van der Waals surface area contributed by atoms with Crippen molar-refractivity contribution >= 4 is 17.4 Å². The number of nitrogens with one attached hydrogen (secondary N) is 1. The molecule has 3 N–H and O–H groups in total. The zero-order valence-electron chi connectivity index (χ0n) is 24.1. The highest BCUT2D eigenvalue weighted by Crippen LogP contribution is 2.37. The van der Waals surface area contributed by atoms with E-state index in [1.165, 1.54) is 23.1 Å². The number of benzene rings is 2. The monoisotopic (exact) mass is 550 g/mol. The number of rotatable bonds is 4. The van der Waals surface area contributed by atoms with Crippen LogP contribution in [0.15, 0.2) is 36.4 Å². The summed E-state index contributed by atoms with van der Waals surface area (Å²) in [7, 11) is 3.75. The smallest absolute Gasteiger partial charge is 0.314 e. The number of nitrogens with two attached hydrogens (primary N) is 1. The van der Waals surface area contributed by atoms with Crippen LogP contribution in [0.2, 0.25) is 0 Å². The summed E-state index contributed by atoms with van der Waals surface area (Å²) in [5.41, 5.74) is 10.4. The number of aromatic nitrogens is 2. The Labute approximate surface area is 237 Å². The van der Waals surface area contributed by atoms with Crippen LogP contribution >= 0.6 is 11.3 Å². The second kappa shape index (κ2) is 16.5. The molecule has 2 heterocycles. The fourth-order valence-electron chi connectivity index (χ4n) is 4.31. The highest BCUT2D eigenvalue weighted by atomic mass is 32.1. The zero-order chi connectivity index (χ0) is 28.8. The summed E-state index contributed by atoms with van der Waals surface area (Å²) >= 11 is 1.57. The molecule has 0 spiro atoms. The Morgan fingerprint density at radius 3 is 2.33 bits per heavy atom. The molecule has 0 unspecified atom stereocenters. The van der Waals surface area contributed by atoms with Gasteiger partial charge in [-0.15, -0.1) is 10.2 Å². The van der Waals surface area contributed by atoms with Crippen LogP contribution in [0, 0.1) is 11.3 Å². The average Bonchev–Trinajstić information content (AvgIpc) is 3.72. The number of aryl methyl sites for hydroxylation is 1. The largest absolute Gasteiger partial charge is 0.490 e. The number of carbonyl (C=O) groups is 1. The number of primary amides is 1. The molecule has 2 amide bonds. The molecule has 8 nitrogen and oxygen atoms in total. The van der Waals surface area contributed by atoms with Crippen molar-refractivity contribution in [1.29, 1.82) is 5.26 Å². The molecule has 0 bridgehead atoms. The summed E-state index contributed by atoms with van der Waals surface area (Å²) in [6.07, 6.45) is 5.73. The van der Waals surface area contributed by atoms with E-state index in [-0.39, 0.29) is 12.1 Å². The van der Waals surface area contributed by atoms with E-state index >= 15 is 0 Å². The van der Waals surface area contributed by atoms with Crippen LogP contribution in [0.5, 0.6) is 5.75 Å². The third kappa shape index (κ3) is 9.05. The minimum atomic E-state index is -0.275. The van der Waals surface area contributed by atoms with E-state index in [1.54, 1.807) is 16.2 Å².